The maximum absolute atomic E-state index is 3.83. The Kier molecular flexibility index (Phi) is 1.19. The minimum atomic E-state index is 0.806. The first-order valence-electron chi connectivity index (χ1n) is 1.98. The van der Waals surface area contributed by atoms with Crippen molar-refractivity contribution < 1.29 is 0 Å². The quantitative estimate of drug-likeness (QED) is 0.516. The molecule has 1 aliphatic heterocycles. The molecule has 0 fully saturated rings. The van der Waals surface area contributed by atoms with Crippen molar-refractivity contribution in [1.29, 1.82) is 0 Å². The van der Waals surface area contributed by atoms with Crippen LogP contribution in [-0.2, 0) is 0 Å². The number of nitrogens with one attached hydrogen (secondary N) is 1. The molecule has 0 spiro atoms. The van der Waals surface area contributed by atoms with Gasteiger partial charge < -0.3 is 4.90 Å². The maximum Gasteiger partial charge on any atom is 0.193 e. The fourth-order valence-electron chi connectivity index (χ4n) is 0.357. The van der Waals surface area contributed by atoms with E-state index in [0.29, 0.717) is 0 Å². The van der Waals surface area contributed by atoms with Crippen LogP contribution in [-0.4, -0.2) is 23.4 Å². The molecular weight excluding hydrogens is 158 g/mol. The highest BCUT2D eigenvalue weighted by Crippen LogP contribution is 1.98. The Morgan fingerprint density at radius 3 is 2.86 bits per heavy atom. The molecule has 0 radical (unpaired) electrons. The molecule has 1 aliphatic rings. The molecule has 40 valence electrons. The van der Waals surface area contributed by atoms with E-state index in [4.69, 9.17) is 0 Å². The first-order valence-corrected chi connectivity index (χ1v) is 2.77. The van der Waals surface area contributed by atoms with Crippen molar-refractivity contribution in [3.8, 4) is 0 Å². The summed E-state index contributed by atoms with van der Waals surface area (Å²) in [6, 6.07) is 0. The molecule has 0 unspecified atom stereocenters. The molecule has 1 heterocycles. The van der Waals surface area contributed by atoms with Crippen molar-refractivity contribution in [2.75, 3.05) is 13.7 Å². The van der Waals surface area contributed by atoms with E-state index in [1.807, 2.05) is 11.9 Å². The molecule has 0 aliphatic carbocycles. The molecular formula is C3H6BrN3. The van der Waals surface area contributed by atoms with Gasteiger partial charge in [-0.25, -0.2) is 0 Å². The summed E-state index contributed by atoms with van der Waals surface area (Å²) in [4.78, 5) is 1.96. The average molecular weight is 164 g/mol. The summed E-state index contributed by atoms with van der Waals surface area (Å²) in [7, 11) is 1.95. The molecule has 0 aromatic heterocycles. The van der Waals surface area contributed by atoms with Gasteiger partial charge in [0, 0.05) is 7.05 Å². The summed E-state index contributed by atoms with van der Waals surface area (Å²) in [6.07, 6.45) is 0. The van der Waals surface area contributed by atoms with Gasteiger partial charge in [0.25, 0.3) is 0 Å². The van der Waals surface area contributed by atoms with Crippen LogP contribution >= 0.6 is 15.9 Å². The van der Waals surface area contributed by atoms with Gasteiger partial charge in [0.05, 0.1) is 0 Å². The zero-order valence-corrected chi connectivity index (χ0v) is 5.57. The third-order valence-electron chi connectivity index (χ3n) is 0.794. The normalized spacial score (nSPS) is 19.1. The Morgan fingerprint density at radius 2 is 2.71 bits per heavy atom. The van der Waals surface area contributed by atoms with Gasteiger partial charge >= 0.3 is 0 Å². The minimum Gasteiger partial charge on any atom is -0.334 e. The molecule has 3 nitrogen and oxygen atoms in total. The Balaban J connectivity index is 2.54. The van der Waals surface area contributed by atoms with E-state index >= 15 is 0 Å². The molecule has 0 aromatic rings. The van der Waals surface area contributed by atoms with Gasteiger partial charge in [0.1, 0.15) is 6.67 Å². The number of hydrazone groups is 1. The highest BCUT2D eigenvalue weighted by Gasteiger charge is 2.05. The fourth-order valence-corrected chi connectivity index (χ4v) is 0.608. The smallest absolute Gasteiger partial charge is 0.193 e. The summed E-state index contributed by atoms with van der Waals surface area (Å²) in [5.74, 6) is 0. The lowest BCUT2D eigenvalue weighted by atomic mass is 10.9. The van der Waals surface area contributed by atoms with Gasteiger partial charge in [-0.2, -0.15) is 5.10 Å². The first kappa shape index (κ1) is 4.90. The second-order valence-electron chi connectivity index (χ2n) is 1.40. The van der Waals surface area contributed by atoms with Crippen molar-refractivity contribution in [1.82, 2.24) is 10.3 Å². The molecule has 1 N–H and O–H groups in total. The van der Waals surface area contributed by atoms with Gasteiger partial charge in [0.2, 0.25) is 0 Å². The molecule has 0 aromatic carbocycles. The third-order valence-corrected chi connectivity index (χ3v) is 1.58. The third kappa shape index (κ3) is 0.851. The lowest BCUT2D eigenvalue weighted by Gasteiger charge is -2.04. The highest BCUT2D eigenvalue weighted by atomic mass is 79.9. The summed E-state index contributed by atoms with van der Waals surface area (Å²) in [5, 5.41) is 3.83. The van der Waals surface area contributed by atoms with E-state index in [-0.39, 0.29) is 0 Å². The van der Waals surface area contributed by atoms with E-state index in [9.17, 15) is 0 Å². The van der Waals surface area contributed by atoms with Crippen molar-refractivity contribution in [2.24, 2.45) is 5.10 Å². The van der Waals surface area contributed by atoms with Gasteiger partial charge in [-0.3, -0.25) is 5.43 Å². The largest absolute Gasteiger partial charge is 0.334 e. The van der Waals surface area contributed by atoms with Crippen LogP contribution < -0.4 is 5.43 Å². The molecule has 0 bridgehead atoms. The van der Waals surface area contributed by atoms with Crippen LogP contribution in [0.1, 0.15) is 0 Å². The standard InChI is InChI=1S/C3H6BrN3/c1-7-2-5-6-3(7)4/h5H,2H2,1H3. The zero-order valence-electron chi connectivity index (χ0n) is 3.98. The summed E-state index contributed by atoms with van der Waals surface area (Å²) in [6.45, 7) is 0.806. The van der Waals surface area contributed by atoms with Crippen LogP contribution in [0.15, 0.2) is 5.10 Å². The number of amidine groups is 1. The molecule has 1 rings (SSSR count). The number of hydrogen-bond acceptors (Lipinski definition) is 3. The van der Waals surface area contributed by atoms with E-state index in [0.717, 1.165) is 11.4 Å². The fraction of sp³-hybridized carbons (Fsp3) is 0.667. The molecule has 0 atom stereocenters. The van der Waals surface area contributed by atoms with Crippen LogP contribution in [0.5, 0.6) is 0 Å². The highest BCUT2D eigenvalue weighted by molar-refractivity contribution is 9.18. The van der Waals surface area contributed by atoms with Gasteiger partial charge in [-0.05, 0) is 15.9 Å². The maximum atomic E-state index is 3.83. The summed E-state index contributed by atoms with van der Waals surface area (Å²) >= 11 is 3.22. The molecule has 0 saturated carbocycles. The Morgan fingerprint density at radius 1 is 2.00 bits per heavy atom. The van der Waals surface area contributed by atoms with Gasteiger partial charge in [0.15, 0.2) is 4.74 Å². The lowest BCUT2D eigenvalue weighted by molar-refractivity contribution is 0.512. The van der Waals surface area contributed by atoms with Crippen LogP contribution in [0.4, 0.5) is 0 Å². The van der Waals surface area contributed by atoms with E-state index in [1.54, 1.807) is 0 Å². The Labute approximate surface area is 50.5 Å². The summed E-state index contributed by atoms with van der Waals surface area (Å²) < 4.78 is 0.868. The van der Waals surface area contributed by atoms with Crippen LogP contribution in [0.25, 0.3) is 0 Å². The van der Waals surface area contributed by atoms with Gasteiger partial charge in [-0.15, -0.1) is 0 Å². The Hall–Kier alpha value is -0.250. The van der Waals surface area contributed by atoms with E-state index in [2.05, 4.69) is 26.5 Å². The predicted molar refractivity (Wildman–Crippen MR) is 32.1 cm³/mol. The second-order valence-corrected chi connectivity index (χ2v) is 2.10. The summed E-state index contributed by atoms with van der Waals surface area (Å²) in [5.41, 5.74) is 2.79. The topological polar surface area (TPSA) is 27.6 Å². The monoisotopic (exact) mass is 163 g/mol. The van der Waals surface area contributed by atoms with Crippen LogP contribution in [0.3, 0.4) is 0 Å². The van der Waals surface area contributed by atoms with Crippen molar-refractivity contribution in [3.63, 3.8) is 0 Å². The van der Waals surface area contributed by atoms with Gasteiger partial charge in [-0.1, -0.05) is 0 Å². The predicted octanol–water partition coefficient (Wildman–Crippen LogP) is 0.145. The van der Waals surface area contributed by atoms with Crippen molar-refractivity contribution >= 4 is 20.7 Å². The number of halogens is 1. The second kappa shape index (κ2) is 1.69. The molecule has 4 heteroatoms. The molecule has 7 heavy (non-hydrogen) atoms. The molecule has 0 saturated heterocycles. The van der Waals surface area contributed by atoms with Crippen molar-refractivity contribution in [3.05, 3.63) is 0 Å². The van der Waals surface area contributed by atoms with E-state index in [1.165, 1.54) is 0 Å². The van der Waals surface area contributed by atoms with Crippen molar-refractivity contribution in [2.45, 2.75) is 0 Å². The zero-order chi connectivity index (χ0) is 5.28. The molecule has 0 amide bonds. The number of hydrogen-bond donors (Lipinski definition) is 1. The van der Waals surface area contributed by atoms with E-state index < -0.39 is 0 Å². The lowest BCUT2D eigenvalue weighted by Crippen LogP contribution is -2.20. The van der Waals surface area contributed by atoms with Crippen LogP contribution in [0, 0.1) is 0 Å². The van der Waals surface area contributed by atoms with Crippen LogP contribution in [0.2, 0.25) is 0 Å². The number of nitrogens with zero attached hydrogens (tertiary/aromatic N) is 2. The number of rotatable bonds is 0. The average Bonchev–Trinajstić information content (AvgIpc) is 1.91. The first-order chi connectivity index (χ1) is 3.30. The Bertz CT molecular complexity index is 100. The SMILES string of the molecule is CN1CNN=C1Br. The minimum absolute atomic E-state index is 0.806.